The van der Waals surface area contributed by atoms with E-state index in [-0.39, 0.29) is 17.9 Å². The zero-order valence-corrected chi connectivity index (χ0v) is 17.7. The zero-order chi connectivity index (χ0) is 20.6. The molecule has 3 rings (SSSR count). The van der Waals surface area contributed by atoms with Gasteiger partial charge in [0.25, 0.3) is 0 Å². The number of hydrogen-bond donors (Lipinski definition) is 1. The van der Waals surface area contributed by atoms with E-state index < -0.39 is 6.04 Å². The van der Waals surface area contributed by atoms with E-state index in [1.54, 1.807) is 4.90 Å². The van der Waals surface area contributed by atoms with Crippen LogP contribution in [-0.2, 0) is 22.6 Å². The van der Waals surface area contributed by atoms with Crippen LogP contribution in [0.3, 0.4) is 0 Å². The van der Waals surface area contributed by atoms with E-state index in [2.05, 4.69) is 5.32 Å². The molecular formula is C24H29ClN2O2. The predicted molar refractivity (Wildman–Crippen MR) is 117 cm³/mol. The molecule has 4 nitrogen and oxygen atoms in total. The standard InChI is InChI=1S/C24H29ClN2O2/c1-18(24(29)26-22-9-5-6-10-22)27(17-20-11-14-21(25)15-12-20)23(28)16-13-19-7-3-2-4-8-19/h2-4,7-8,11-12,14-15,18,22H,5-6,9-10,13,16-17H2,1H3,(H,26,29)/t18-/m0/s1. The summed E-state index contributed by atoms with van der Waals surface area (Å²) < 4.78 is 0. The van der Waals surface area contributed by atoms with E-state index in [9.17, 15) is 9.59 Å². The molecule has 0 heterocycles. The second kappa shape index (κ2) is 10.4. The highest BCUT2D eigenvalue weighted by molar-refractivity contribution is 6.30. The lowest BCUT2D eigenvalue weighted by Crippen LogP contribution is -2.49. The molecule has 1 aliphatic carbocycles. The maximum absolute atomic E-state index is 13.1. The number of rotatable bonds is 8. The van der Waals surface area contributed by atoms with E-state index >= 15 is 0 Å². The number of nitrogens with zero attached hydrogens (tertiary/aromatic N) is 1. The van der Waals surface area contributed by atoms with Gasteiger partial charge >= 0.3 is 0 Å². The van der Waals surface area contributed by atoms with Crippen LogP contribution in [0.5, 0.6) is 0 Å². The minimum absolute atomic E-state index is 0.0159. The van der Waals surface area contributed by atoms with Gasteiger partial charge in [0.05, 0.1) is 0 Å². The second-order valence-electron chi connectivity index (χ2n) is 7.80. The molecule has 0 spiro atoms. The Hall–Kier alpha value is -2.33. The normalized spacial score (nSPS) is 15.1. The molecule has 0 radical (unpaired) electrons. The Morgan fingerprint density at radius 2 is 1.69 bits per heavy atom. The van der Waals surface area contributed by atoms with Gasteiger partial charge in [0, 0.05) is 24.0 Å². The summed E-state index contributed by atoms with van der Waals surface area (Å²) in [4.78, 5) is 27.6. The van der Waals surface area contributed by atoms with E-state index in [1.165, 1.54) is 0 Å². The highest BCUT2D eigenvalue weighted by Gasteiger charge is 2.28. The zero-order valence-electron chi connectivity index (χ0n) is 16.9. The maximum atomic E-state index is 13.1. The van der Waals surface area contributed by atoms with Crippen LogP contribution >= 0.6 is 11.6 Å². The number of amides is 2. The fourth-order valence-corrected chi connectivity index (χ4v) is 3.93. The number of carbonyl (C=O) groups excluding carboxylic acids is 2. The first-order chi connectivity index (χ1) is 14.0. The highest BCUT2D eigenvalue weighted by atomic mass is 35.5. The van der Waals surface area contributed by atoms with Gasteiger partial charge in [0.1, 0.15) is 6.04 Å². The number of halogens is 1. The molecule has 1 saturated carbocycles. The molecule has 2 aromatic rings. The third-order valence-corrected chi connectivity index (χ3v) is 5.86. The van der Waals surface area contributed by atoms with Crippen molar-refractivity contribution >= 4 is 23.4 Å². The van der Waals surface area contributed by atoms with Crippen LogP contribution in [0.2, 0.25) is 5.02 Å². The first-order valence-electron chi connectivity index (χ1n) is 10.4. The molecule has 154 valence electrons. The minimum atomic E-state index is -0.519. The lowest BCUT2D eigenvalue weighted by Gasteiger charge is -2.30. The van der Waals surface area contributed by atoms with Crippen LogP contribution in [0.1, 0.15) is 50.2 Å². The molecule has 2 aromatic carbocycles. The number of aryl methyl sites for hydroxylation is 1. The van der Waals surface area contributed by atoms with E-state index in [1.807, 2.05) is 61.5 Å². The summed E-state index contributed by atoms with van der Waals surface area (Å²) in [5, 5.41) is 3.78. The monoisotopic (exact) mass is 412 g/mol. The molecule has 1 atom stereocenters. The van der Waals surface area contributed by atoms with Crippen molar-refractivity contribution in [3.8, 4) is 0 Å². The Bertz CT molecular complexity index is 801. The topological polar surface area (TPSA) is 49.4 Å². The van der Waals surface area contributed by atoms with Gasteiger partial charge in [-0.2, -0.15) is 0 Å². The van der Waals surface area contributed by atoms with E-state index in [4.69, 9.17) is 11.6 Å². The molecule has 0 bridgehead atoms. The fourth-order valence-electron chi connectivity index (χ4n) is 3.80. The van der Waals surface area contributed by atoms with Gasteiger partial charge in [-0.1, -0.05) is 66.9 Å². The van der Waals surface area contributed by atoms with Crippen molar-refractivity contribution < 1.29 is 9.59 Å². The summed E-state index contributed by atoms with van der Waals surface area (Å²) in [6.07, 6.45) is 5.40. The van der Waals surface area contributed by atoms with Crippen LogP contribution in [-0.4, -0.2) is 28.8 Å². The SMILES string of the molecule is C[C@@H](C(=O)NC1CCCC1)N(Cc1ccc(Cl)cc1)C(=O)CCc1ccccc1. The Balaban J connectivity index is 1.69. The Kier molecular flexibility index (Phi) is 7.70. The van der Waals surface area contributed by atoms with Gasteiger partial charge in [0.15, 0.2) is 0 Å². The van der Waals surface area contributed by atoms with Crippen LogP contribution < -0.4 is 5.32 Å². The molecular weight excluding hydrogens is 384 g/mol. The van der Waals surface area contributed by atoms with Gasteiger partial charge in [0.2, 0.25) is 11.8 Å². The first-order valence-corrected chi connectivity index (χ1v) is 10.8. The van der Waals surface area contributed by atoms with Crippen LogP contribution in [0.4, 0.5) is 0 Å². The van der Waals surface area contributed by atoms with E-state index in [0.717, 1.165) is 36.8 Å². The molecule has 0 aromatic heterocycles. The summed E-state index contributed by atoms with van der Waals surface area (Å²) in [5.41, 5.74) is 2.08. The molecule has 1 aliphatic rings. The number of hydrogen-bond acceptors (Lipinski definition) is 2. The molecule has 0 unspecified atom stereocenters. The molecule has 1 fully saturated rings. The molecule has 5 heteroatoms. The van der Waals surface area contributed by atoms with Crippen molar-refractivity contribution in [3.05, 3.63) is 70.7 Å². The van der Waals surface area contributed by atoms with Gasteiger partial charge < -0.3 is 10.2 Å². The van der Waals surface area contributed by atoms with Gasteiger partial charge in [-0.3, -0.25) is 9.59 Å². The van der Waals surface area contributed by atoms with E-state index in [0.29, 0.717) is 24.4 Å². The number of carbonyl (C=O) groups is 2. The van der Waals surface area contributed by atoms with Crippen LogP contribution in [0.15, 0.2) is 54.6 Å². The van der Waals surface area contributed by atoms with Crippen LogP contribution in [0, 0.1) is 0 Å². The lowest BCUT2D eigenvalue weighted by atomic mass is 10.1. The summed E-state index contributed by atoms with van der Waals surface area (Å²) in [5.74, 6) is -0.0863. The summed E-state index contributed by atoms with van der Waals surface area (Å²) >= 11 is 5.99. The average molecular weight is 413 g/mol. The van der Waals surface area contributed by atoms with Gasteiger partial charge in [-0.05, 0) is 49.4 Å². The molecule has 2 amide bonds. The fraction of sp³-hybridized carbons (Fsp3) is 0.417. The first kappa shape index (κ1) is 21.4. The summed E-state index contributed by atoms with van der Waals surface area (Å²) in [7, 11) is 0. The molecule has 1 N–H and O–H groups in total. The predicted octanol–water partition coefficient (Wildman–Crippen LogP) is 4.75. The molecule has 0 aliphatic heterocycles. The smallest absolute Gasteiger partial charge is 0.242 e. The molecule has 0 saturated heterocycles. The van der Waals surface area contributed by atoms with Crippen molar-refractivity contribution in [1.29, 1.82) is 0 Å². The van der Waals surface area contributed by atoms with Gasteiger partial charge in [-0.25, -0.2) is 0 Å². The lowest BCUT2D eigenvalue weighted by molar-refractivity contribution is -0.140. The largest absolute Gasteiger partial charge is 0.352 e. The highest BCUT2D eigenvalue weighted by Crippen LogP contribution is 2.19. The summed E-state index contributed by atoms with van der Waals surface area (Å²) in [6, 6.07) is 17.1. The maximum Gasteiger partial charge on any atom is 0.242 e. The quantitative estimate of drug-likeness (QED) is 0.680. The van der Waals surface area contributed by atoms with Crippen LogP contribution in [0.25, 0.3) is 0 Å². The Morgan fingerprint density at radius 3 is 2.34 bits per heavy atom. The Labute approximate surface area is 178 Å². The van der Waals surface area contributed by atoms with Crippen molar-refractivity contribution in [2.45, 2.75) is 64.1 Å². The van der Waals surface area contributed by atoms with Crippen molar-refractivity contribution in [2.24, 2.45) is 0 Å². The second-order valence-corrected chi connectivity index (χ2v) is 8.24. The molecule has 29 heavy (non-hydrogen) atoms. The summed E-state index contributed by atoms with van der Waals surface area (Å²) in [6.45, 7) is 2.21. The minimum Gasteiger partial charge on any atom is -0.352 e. The Morgan fingerprint density at radius 1 is 1.03 bits per heavy atom. The number of benzene rings is 2. The average Bonchev–Trinajstić information content (AvgIpc) is 3.25. The number of nitrogens with one attached hydrogen (secondary N) is 1. The van der Waals surface area contributed by atoms with Crippen molar-refractivity contribution in [3.63, 3.8) is 0 Å². The van der Waals surface area contributed by atoms with Gasteiger partial charge in [-0.15, -0.1) is 0 Å². The third kappa shape index (κ3) is 6.33. The van der Waals surface area contributed by atoms with Crippen molar-refractivity contribution in [1.82, 2.24) is 10.2 Å². The van der Waals surface area contributed by atoms with Crippen molar-refractivity contribution in [2.75, 3.05) is 0 Å². The third-order valence-electron chi connectivity index (χ3n) is 5.61.